The molecule has 0 aliphatic heterocycles. The van der Waals surface area contributed by atoms with E-state index in [0.29, 0.717) is 5.92 Å². The lowest BCUT2D eigenvalue weighted by Gasteiger charge is -2.24. The molecule has 170 valence electrons. The van der Waals surface area contributed by atoms with Crippen LogP contribution in [0, 0.1) is 25.7 Å². The second-order valence-electron chi connectivity index (χ2n) is 10.6. The fourth-order valence-corrected chi connectivity index (χ4v) is 6.07. The zero-order chi connectivity index (χ0) is 22.5. The maximum absolute atomic E-state index is 2.49. The van der Waals surface area contributed by atoms with Crippen molar-refractivity contribution in [1.29, 1.82) is 0 Å². The molecule has 2 aliphatic rings. The summed E-state index contributed by atoms with van der Waals surface area (Å²) in [4.78, 5) is 0. The number of allylic oxidation sites excluding steroid dienone is 4. The van der Waals surface area contributed by atoms with E-state index < -0.39 is 0 Å². The molecule has 2 aromatic rings. The summed E-state index contributed by atoms with van der Waals surface area (Å²) >= 11 is 0. The van der Waals surface area contributed by atoms with Crippen LogP contribution in [0.25, 0.3) is 5.57 Å². The van der Waals surface area contributed by atoms with E-state index in [4.69, 9.17) is 0 Å². The molecule has 0 radical (unpaired) electrons. The first kappa shape index (κ1) is 23.1. The molecule has 1 fully saturated rings. The van der Waals surface area contributed by atoms with E-state index in [1.54, 1.807) is 11.1 Å². The Kier molecular flexibility index (Phi) is 7.71. The van der Waals surface area contributed by atoms with Crippen LogP contribution in [0.3, 0.4) is 0 Å². The van der Waals surface area contributed by atoms with Crippen molar-refractivity contribution in [2.75, 3.05) is 0 Å². The van der Waals surface area contributed by atoms with Gasteiger partial charge in [-0.1, -0.05) is 98.9 Å². The Morgan fingerprint density at radius 3 is 2.34 bits per heavy atom. The molecule has 2 atom stereocenters. The van der Waals surface area contributed by atoms with Crippen molar-refractivity contribution in [2.24, 2.45) is 11.8 Å². The molecule has 2 unspecified atom stereocenters. The van der Waals surface area contributed by atoms with Crippen molar-refractivity contribution in [3.63, 3.8) is 0 Å². The highest BCUT2D eigenvalue weighted by Crippen LogP contribution is 2.39. The Balaban J connectivity index is 1.31. The van der Waals surface area contributed by atoms with Crippen molar-refractivity contribution in [2.45, 2.75) is 91.4 Å². The van der Waals surface area contributed by atoms with E-state index in [-0.39, 0.29) is 0 Å². The van der Waals surface area contributed by atoms with Crippen molar-refractivity contribution < 1.29 is 0 Å². The van der Waals surface area contributed by atoms with Gasteiger partial charge in [-0.3, -0.25) is 0 Å². The predicted octanol–water partition coefficient (Wildman–Crippen LogP) is 9.36. The highest BCUT2D eigenvalue weighted by molar-refractivity contribution is 5.74. The smallest absolute Gasteiger partial charge is 0.00545 e. The molecular weight excluding hydrogens is 384 g/mol. The van der Waals surface area contributed by atoms with Crippen LogP contribution in [0.5, 0.6) is 0 Å². The molecule has 32 heavy (non-hydrogen) atoms. The standard InChI is InChI=1S/C32H42/c1-5-30-28(18-20-32(30)29-15-11-23(2)12-16-29)17-13-24(3)21-26-14-19-31(25(4)22-26)27-9-7-6-8-10-27/h11-12,14-16,18-20,22,24,27,30H,5-10,13,17,21H2,1-4H3. The lowest BCUT2D eigenvalue weighted by Crippen LogP contribution is -2.08. The Hall–Kier alpha value is -2.08. The molecule has 0 bridgehead atoms. The van der Waals surface area contributed by atoms with Crippen LogP contribution >= 0.6 is 0 Å². The van der Waals surface area contributed by atoms with Crippen molar-refractivity contribution in [1.82, 2.24) is 0 Å². The average molecular weight is 427 g/mol. The van der Waals surface area contributed by atoms with E-state index in [0.717, 1.165) is 11.8 Å². The van der Waals surface area contributed by atoms with Gasteiger partial charge in [-0.2, -0.15) is 0 Å². The Morgan fingerprint density at radius 2 is 1.66 bits per heavy atom. The van der Waals surface area contributed by atoms with Crippen LogP contribution in [-0.2, 0) is 6.42 Å². The summed E-state index contributed by atoms with van der Waals surface area (Å²) in [7, 11) is 0. The molecule has 0 nitrogen and oxygen atoms in total. The largest absolute Gasteiger partial charge is 0.0645 e. The van der Waals surface area contributed by atoms with E-state index >= 15 is 0 Å². The summed E-state index contributed by atoms with van der Waals surface area (Å²) in [6.07, 6.45) is 16.7. The normalized spacial score (nSPS) is 20.2. The molecule has 0 saturated heterocycles. The lowest BCUT2D eigenvalue weighted by atomic mass is 9.81. The van der Waals surface area contributed by atoms with Crippen molar-refractivity contribution in [3.05, 3.63) is 88.0 Å². The fourth-order valence-electron chi connectivity index (χ4n) is 6.07. The highest BCUT2D eigenvalue weighted by Gasteiger charge is 2.23. The van der Waals surface area contributed by atoms with Gasteiger partial charge in [-0.15, -0.1) is 0 Å². The van der Waals surface area contributed by atoms with Gasteiger partial charge in [0.2, 0.25) is 0 Å². The number of rotatable bonds is 8. The summed E-state index contributed by atoms with van der Waals surface area (Å²) in [5, 5.41) is 0. The molecule has 1 saturated carbocycles. The van der Waals surface area contributed by atoms with Crippen LogP contribution < -0.4 is 0 Å². The van der Waals surface area contributed by atoms with Crippen LogP contribution in [-0.4, -0.2) is 0 Å². The summed E-state index contributed by atoms with van der Waals surface area (Å²) in [6.45, 7) is 9.28. The summed E-state index contributed by atoms with van der Waals surface area (Å²) in [5.74, 6) is 2.13. The quantitative estimate of drug-likeness (QED) is 0.394. The first-order chi connectivity index (χ1) is 15.5. The van der Waals surface area contributed by atoms with Gasteiger partial charge in [0.25, 0.3) is 0 Å². The lowest BCUT2D eigenvalue weighted by molar-refractivity contribution is 0.442. The summed E-state index contributed by atoms with van der Waals surface area (Å²) in [5.41, 5.74) is 10.6. The third kappa shape index (κ3) is 5.45. The number of benzene rings is 2. The fraction of sp³-hybridized carbons (Fsp3) is 0.500. The van der Waals surface area contributed by atoms with E-state index in [1.165, 1.54) is 85.6 Å². The Bertz CT molecular complexity index is 950. The SMILES string of the molecule is CCC1C(CCC(C)Cc2ccc(C3CCCCC3)c(C)c2)=CC=C1c1ccc(C)cc1. The third-order valence-corrected chi connectivity index (χ3v) is 7.98. The van der Waals surface area contributed by atoms with Gasteiger partial charge in [-0.05, 0) is 92.0 Å². The molecule has 0 heterocycles. The number of aryl methyl sites for hydroxylation is 2. The van der Waals surface area contributed by atoms with E-state index in [1.807, 2.05) is 0 Å². The van der Waals surface area contributed by atoms with Gasteiger partial charge in [0.15, 0.2) is 0 Å². The van der Waals surface area contributed by atoms with Gasteiger partial charge in [0, 0.05) is 5.92 Å². The number of hydrogen-bond acceptors (Lipinski definition) is 0. The maximum atomic E-state index is 2.49. The molecule has 0 spiro atoms. The van der Waals surface area contributed by atoms with Gasteiger partial charge in [0.05, 0.1) is 0 Å². The first-order valence-corrected chi connectivity index (χ1v) is 13.1. The Labute approximate surface area is 196 Å². The molecule has 0 heteroatoms. The third-order valence-electron chi connectivity index (χ3n) is 7.98. The monoisotopic (exact) mass is 426 g/mol. The van der Waals surface area contributed by atoms with E-state index in [9.17, 15) is 0 Å². The minimum absolute atomic E-state index is 0.599. The van der Waals surface area contributed by atoms with Crippen molar-refractivity contribution >= 4 is 5.57 Å². The minimum atomic E-state index is 0.599. The van der Waals surface area contributed by atoms with Gasteiger partial charge < -0.3 is 0 Å². The first-order valence-electron chi connectivity index (χ1n) is 13.1. The maximum Gasteiger partial charge on any atom is 0.00545 e. The molecule has 4 rings (SSSR count). The molecular formula is C32H42. The molecule has 2 aliphatic carbocycles. The Morgan fingerprint density at radius 1 is 0.906 bits per heavy atom. The van der Waals surface area contributed by atoms with Crippen LogP contribution in [0.15, 0.2) is 60.2 Å². The topological polar surface area (TPSA) is 0 Å². The van der Waals surface area contributed by atoms with Gasteiger partial charge in [0.1, 0.15) is 0 Å². The van der Waals surface area contributed by atoms with Crippen LogP contribution in [0.2, 0.25) is 0 Å². The second kappa shape index (κ2) is 10.7. The van der Waals surface area contributed by atoms with Gasteiger partial charge in [-0.25, -0.2) is 0 Å². The molecule has 0 amide bonds. The van der Waals surface area contributed by atoms with Crippen molar-refractivity contribution in [3.8, 4) is 0 Å². The van der Waals surface area contributed by atoms with E-state index in [2.05, 4.69) is 82.3 Å². The number of hydrogen-bond donors (Lipinski definition) is 0. The zero-order valence-electron chi connectivity index (χ0n) is 20.8. The van der Waals surface area contributed by atoms with Crippen LogP contribution in [0.4, 0.5) is 0 Å². The molecule has 0 N–H and O–H groups in total. The molecule has 0 aromatic heterocycles. The predicted molar refractivity (Wildman–Crippen MR) is 140 cm³/mol. The molecule has 2 aromatic carbocycles. The summed E-state index contributed by atoms with van der Waals surface area (Å²) < 4.78 is 0. The second-order valence-corrected chi connectivity index (χ2v) is 10.6. The highest BCUT2D eigenvalue weighted by atomic mass is 14.3. The average Bonchev–Trinajstić information content (AvgIpc) is 3.22. The van der Waals surface area contributed by atoms with Gasteiger partial charge >= 0.3 is 0 Å². The van der Waals surface area contributed by atoms with Crippen LogP contribution in [0.1, 0.15) is 98.9 Å². The minimum Gasteiger partial charge on any atom is -0.0645 e. The zero-order valence-corrected chi connectivity index (χ0v) is 20.8. The summed E-state index contributed by atoms with van der Waals surface area (Å²) in [6, 6.07) is 16.4.